The van der Waals surface area contributed by atoms with E-state index in [1.165, 1.54) is 30.7 Å². The quantitative estimate of drug-likeness (QED) is 0.450. The summed E-state index contributed by atoms with van der Waals surface area (Å²) >= 11 is 0. The van der Waals surface area contributed by atoms with Crippen LogP contribution in [0.15, 0.2) is 61.7 Å². The molecule has 37 heavy (non-hydrogen) atoms. The van der Waals surface area contributed by atoms with Crippen LogP contribution in [0.5, 0.6) is 0 Å². The minimum Gasteiger partial charge on any atom is -0.464 e. The van der Waals surface area contributed by atoms with Crippen molar-refractivity contribution in [3.63, 3.8) is 0 Å². The number of hydrogen-bond donors (Lipinski definition) is 1. The Morgan fingerprint density at radius 1 is 1.11 bits per heavy atom. The maximum Gasteiger partial charge on any atom is 0.411 e. The lowest BCUT2D eigenvalue weighted by atomic mass is 10.0. The summed E-state index contributed by atoms with van der Waals surface area (Å²) in [6, 6.07) is 10.8. The molecular weight excluding hydrogens is 474 g/mol. The Labute approximate surface area is 215 Å². The van der Waals surface area contributed by atoms with Gasteiger partial charge in [0.05, 0.1) is 25.0 Å². The zero-order valence-electron chi connectivity index (χ0n) is 21.2. The second kappa shape index (κ2) is 11.9. The number of hydrogen-bond acceptors (Lipinski definition) is 8. The van der Waals surface area contributed by atoms with Gasteiger partial charge in [0, 0.05) is 18.0 Å². The van der Waals surface area contributed by atoms with Crippen LogP contribution in [0.1, 0.15) is 42.5 Å². The zero-order chi connectivity index (χ0) is 27.0. The van der Waals surface area contributed by atoms with E-state index < -0.39 is 23.6 Å². The van der Waals surface area contributed by atoms with Crippen LogP contribution in [0.3, 0.4) is 0 Å². The number of anilines is 1. The Hall–Kier alpha value is -4.60. The zero-order valence-corrected chi connectivity index (χ0v) is 21.2. The van der Waals surface area contributed by atoms with Crippen LogP contribution in [0.4, 0.5) is 10.5 Å². The third-order valence-corrected chi connectivity index (χ3v) is 4.98. The maximum absolute atomic E-state index is 13.1. The predicted octanol–water partition coefficient (Wildman–Crippen LogP) is 4.34. The molecule has 2 heterocycles. The number of carbonyl (C=O) groups excluding carboxylic acids is 3. The van der Waals surface area contributed by atoms with Gasteiger partial charge in [-0.25, -0.2) is 24.5 Å². The highest BCUT2D eigenvalue weighted by Gasteiger charge is 2.26. The second-order valence-corrected chi connectivity index (χ2v) is 9.03. The fourth-order valence-electron chi connectivity index (χ4n) is 3.30. The minimum atomic E-state index is -0.770. The number of carbonyl (C=O) groups is 3. The molecule has 0 atom stereocenters. The van der Waals surface area contributed by atoms with Crippen molar-refractivity contribution in [2.24, 2.45) is 0 Å². The van der Waals surface area contributed by atoms with Crippen molar-refractivity contribution in [1.29, 1.82) is 0 Å². The first-order valence-corrected chi connectivity index (χ1v) is 11.4. The summed E-state index contributed by atoms with van der Waals surface area (Å²) in [5, 5.41) is 2.69. The fourth-order valence-corrected chi connectivity index (χ4v) is 3.30. The largest absolute Gasteiger partial charge is 0.464 e. The third kappa shape index (κ3) is 7.69. The van der Waals surface area contributed by atoms with Crippen molar-refractivity contribution in [2.75, 3.05) is 19.0 Å². The average molecular weight is 504 g/mol. The van der Waals surface area contributed by atoms with Crippen molar-refractivity contribution in [2.45, 2.75) is 32.9 Å². The molecule has 0 aliphatic carbocycles. The number of nitrogens with one attached hydrogen (secondary N) is 1. The standard InChI is InChI=1S/C27H29N5O5/c1-6-18-8-7-9-19(12-18)20-13-22(24(29-14-20)25(34)36-5)31-23(33)16-32(26(35)37-27(2,3)4)15-21-10-11-28-17-30-21/h6-14,17H,1,15-16H2,2-5H3,(H,31,33). The van der Waals surface area contributed by atoms with E-state index >= 15 is 0 Å². The fraction of sp³-hybridized carbons (Fsp3) is 0.259. The molecule has 0 aliphatic heterocycles. The molecule has 0 saturated heterocycles. The molecule has 192 valence electrons. The number of benzene rings is 1. The normalized spacial score (nSPS) is 10.8. The Kier molecular flexibility index (Phi) is 8.68. The first kappa shape index (κ1) is 27.0. The van der Waals surface area contributed by atoms with Crippen LogP contribution in [0.2, 0.25) is 0 Å². The highest BCUT2D eigenvalue weighted by molar-refractivity contribution is 6.01. The van der Waals surface area contributed by atoms with Gasteiger partial charge >= 0.3 is 12.1 Å². The SMILES string of the molecule is C=Cc1cccc(-c2cnc(C(=O)OC)c(NC(=O)CN(Cc3ccncn3)C(=O)OC(C)(C)C)c2)c1. The molecule has 2 aromatic heterocycles. The van der Waals surface area contributed by atoms with Crippen molar-refractivity contribution in [3.05, 3.63) is 78.6 Å². The van der Waals surface area contributed by atoms with Crippen LogP contribution in [-0.4, -0.2) is 57.1 Å². The highest BCUT2D eigenvalue weighted by Crippen LogP contribution is 2.26. The lowest BCUT2D eigenvalue weighted by molar-refractivity contribution is -0.117. The number of aromatic nitrogens is 3. The Morgan fingerprint density at radius 3 is 2.54 bits per heavy atom. The highest BCUT2D eigenvalue weighted by atomic mass is 16.6. The van der Waals surface area contributed by atoms with Crippen LogP contribution in [-0.2, 0) is 20.8 Å². The molecule has 0 radical (unpaired) electrons. The topological polar surface area (TPSA) is 124 Å². The summed E-state index contributed by atoms with van der Waals surface area (Å²) in [7, 11) is 1.23. The Morgan fingerprint density at radius 2 is 1.89 bits per heavy atom. The smallest absolute Gasteiger partial charge is 0.411 e. The van der Waals surface area contributed by atoms with Gasteiger partial charge in [0.15, 0.2) is 5.69 Å². The van der Waals surface area contributed by atoms with Crippen molar-refractivity contribution >= 4 is 29.7 Å². The second-order valence-electron chi connectivity index (χ2n) is 9.03. The van der Waals surface area contributed by atoms with Gasteiger partial charge in [-0.2, -0.15) is 0 Å². The summed E-state index contributed by atoms with van der Waals surface area (Å²) in [5.74, 6) is -1.28. The minimum absolute atomic E-state index is 0.0152. The lowest BCUT2D eigenvalue weighted by Gasteiger charge is -2.27. The van der Waals surface area contributed by atoms with Crippen molar-refractivity contribution < 1.29 is 23.9 Å². The average Bonchev–Trinajstić information content (AvgIpc) is 2.87. The van der Waals surface area contributed by atoms with Gasteiger partial charge in [-0.05, 0) is 50.1 Å². The molecule has 1 aromatic carbocycles. The van der Waals surface area contributed by atoms with Gasteiger partial charge < -0.3 is 14.8 Å². The van der Waals surface area contributed by atoms with E-state index in [0.717, 1.165) is 11.1 Å². The Bertz CT molecular complexity index is 1290. The van der Waals surface area contributed by atoms with Gasteiger partial charge in [-0.15, -0.1) is 0 Å². The van der Waals surface area contributed by atoms with Crippen LogP contribution >= 0.6 is 0 Å². The molecule has 2 amide bonds. The summed E-state index contributed by atoms with van der Waals surface area (Å²) in [6.45, 7) is 8.62. The number of methoxy groups -OCH3 is 1. The Balaban J connectivity index is 1.89. The molecule has 0 spiro atoms. The number of nitrogens with zero attached hydrogens (tertiary/aromatic N) is 4. The summed E-state index contributed by atoms with van der Waals surface area (Å²) in [5.41, 5.74) is 2.21. The molecule has 10 nitrogen and oxygen atoms in total. The van der Waals surface area contributed by atoms with Gasteiger partial charge in [-0.3, -0.25) is 9.69 Å². The molecule has 0 saturated carbocycles. The van der Waals surface area contributed by atoms with Gasteiger partial charge in [0.1, 0.15) is 18.5 Å². The molecule has 0 unspecified atom stereocenters. The third-order valence-electron chi connectivity index (χ3n) is 4.98. The first-order valence-electron chi connectivity index (χ1n) is 11.4. The van der Waals surface area contributed by atoms with E-state index in [9.17, 15) is 14.4 Å². The number of amides is 2. The molecule has 0 aliphatic rings. The monoisotopic (exact) mass is 503 g/mol. The van der Waals surface area contributed by atoms with E-state index in [4.69, 9.17) is 9.47 Å². The summed E-state index contributed by atoms with van der Waals surface area (Å²) in [6.07, 6.45) is 5.43. The van der Waals surface area contributed by atoms with E-state index in [-0.39, 0.29) is 24.5 Å². The number of rotatable bonds is 8. The van der Waals surface area contributed by atoms with E-state index in [0.29, 0.717) is 11.3 Å². The lowest BCUT2D eigenvalue weighted by Crippen LogP contribution is -2.41. The van der Waals surface area contributed by atoms with E-state index in [1.807, 2.05) is 24.3 Å². The predicted molar refractivity (Wildman–Crippen MR) is 138 cm³/mol. The van der Waals surface area contributed by atoms with Crippen molar-refractivity contribution in [1.82, 2.24) is 19.9 Å². The van der Waals surface area contributed by atoms with Gasteiger partial charge in [0.25, 0.3) is 0 Å². The molecule has 10 heteroatoms. The van der Waals surface area contributed by atoms with Crippen molar-refractivity contribution in [3.8, 4) is 11.1 Å². The van der Waals surface area contributed by atoms with Gasteiger partial charge in [-0.1, -0.05) is 30.9 Å². The molecule has 0 bridgehead atoms. The van der Waals surface area contributed by atoms with E-state index in [1.54, 1.807) is 39.0 Å². The first-order chi connectivity index (χ1) is 17.6. The number of ether oxygens (including phenoxy) is 2. The van der Waals surface area contributed by atoms with E-state index in [2.05, 4.69) is 26.8 Å². The molecule has 3 aromatic rings. The molecule has 3 rings (SSSR count). The number of esters is 1. The van der Waals surface area contributed by atoms with Crippen LogP contribution in [0, 0.1) is 0 Å². The van der Waals surface area contributed by atoms with Gasteiger partial charge in [0.2, 0.25) is 5.91 Å². The maximum atomic E-state index is 13.1. The van der Waals surface area contributed by atoms with Crippen LogP contribution < -0.4 is 5.32 Å². The summed E-state index contributed by atoms with van der Waals surface area (Å²) in [4.78, 5) is 51.7. The number of pyridine rings is 1. The van der Waals surface area contributed by atoms with Crippen LogP contribution in [0.25, 0.3) is 17.2 Å². The molecular formula is C27H29N5O5. The molecule has 1 N–H and O–H groups in total. The summed E-state index contributed by atoms with van der Waals surface area (Å²) < 4.78 is 10.3. The molecule has 0 fully saturated rings.